The lowest BCUT2D eigenvalue weighted by Crippen LogP contribution is -2.61. The summed E-state index contributed by atoms with van der Waals surface area (Å²) in [5, 5.41) is 19.6. The van der Waals surface area contributed by atoms with Crippen LogP contribution in [0.1, 0.15) is 31.7 Å². The summed E-state index contributed by atoms with van der Waals surface area (Å²) in [7, 11) is -3.62. The molecule has 0 aromatic heterocycles. The molecule has 1 saturated carbocycles. The molecule has 7 nitrogen and oxygen atoms in total. The molecule has 0 radical (unpaired) electrons. The molecule has 3 N–H and O–H groups in total. The van der Waals surface area contributed by atoms with E-state index >= 15 is 0 Å². The molecule has 2 aliphatic rings. The van der Waals surface area contributed by atoms with Gasteiger partial charge in [-0.15, -0.1) is 0 Å². The Balaban J connectivity index is 2.15. The van der Waals surface area contributed by atoms with Gasteiger partial charge in [0.25, 0.3) is 0 Å². The predicted molar refractivity (Wildman–Crippen MR) is 83.4 cm³/mol. The van der Waals surface area contributed by atoms with Gasteiger partial charge in [-0.05, 0) is 44.4 Å². The monoisotopic (exact) mass is 342 g/mol. The zero-order valence-electron chi connectivity index (χ0n) is 12.5. The molecular weight excluding hydrogens is 325 g/mol. The van der Waals surface area contributed by atoms with E-state index in [4.69, 9.17) is 10.9 Å². The third kappa shape index (κ3) is 2.22. The minimum absolute atomic E-state index is 0.00900. The van der Waals surface area contributed by atoms with Crippen LogP contribution < -0.4 is 11.0 Å². The number of anilines is 1. The van der Waals surface area contributed by atoms with Gasteiger partial charge in [0.15, 0.2) is 9.84 Å². The minimum Gasteiger partial charge on any atom is -0.733 e. The number of hydrogen-bond donors (Lipinski definition) is 2. The highest BCUT2D eigenvalue weighted by Gasteiger charge is 2.58. The lowest BCUT2D eigenvalue weighted by molar-refractivity contribution is 0.296. The number of hydrogen-bond acceptors (Lipinski definition) is 7. The van der Waals surface area contributed by atoms with Crippen LogP contribution >= 0.6 is 0 Å². The van der Waals surface area contributed by atoms with Crippen LogP contribution in [-0.2, 0) is 15.4 Å². The molecule has 0 unspecified atom stereocenters. The van der Waals surface area contributed by atoms with Crippen LogP contribution in [0.3, 0.4) is 0 Å². The highest BCUT2D eigenvalue weighted by Crippen LogP contribution is 2.47. The van der Waals surface area contributed by atoms with Crippen molar-refractivity contribution >= 4 is 21.4 Å². The number of halogens is 1. The van der Waals surface area contributed by atoms with E-state index in [0.29, 0.717) is 12.8 Å². The first-order chi connectivity index (χ1) is 10.6. The largest absolute Gasteiger partial charge is 0.733 e. The van der Waals surface area contributed by atoms with Crippen LogP contribution in [0.25, 0.3) is 0 Å². The van der Waals surface area contributed by atoms with Crippen molar-refractivity contribution in [3.63, 3.8) is 0 Å². The zero-order chi connectivity index (χ0) is 17.0. The third-order valence-corrected chi connectivity index (χ3v) is 7.56. The Hall–Kier alpha value is -1.71. The van der Waals surface area contributed by atoms with E-state index in [1.165, 1.54) is 6.92 Å². The van der Waals surface area contributed by atoms with Gasteiger partial charge in [0.2, 0.25) is 0 Å². The van der Waals surface area contributed by atoms with Crippen LogP contribution in [0.5, 0.6) is 0 Å². The molecule has 0 amide bonds. The maximum Gasteiger partial charge on any atom is 0.165 e. The lowest BCUT2D eigenvalue weighted by atomic mass is 9.82. The molecule has 126 valence electrons. The fourth-order valence-corrected chi connectivity index (χ4v) is 5.83. The van der Waals surface area contributed by atoms with Gasteiger partial charge in [0.1, 0.15) is 21.9 Å². The molecule has 1 atom stereocenters. The zero-order valence-corrected chi connectivity index (χ0v) is 13.3. The summed E-state index contributed by atoms with van der Waals surface area (Å²) in [6.45, 7) is 1.46. The standard InChI is InChI=1S/C14H17FN3O4S/c1-13(10-7-9(18(19)20)3-4-11(10)15)8-23(21,22)14(5-2-6-14)12(16)17-13/h3-4,7,19H,2,5-6,8H2,1H3,(H2,16,17)/q-1/t13-/m0/s1. The van der Waals surface area contributed by atoms with Crippen molar-refractivity contribution in [3.8, 4) is 0 Å². The first-order valence-electron chi connectivity index (χ1n) is 7.16. The topological polar surface area (TPSA) is 119 Å². The molecule has 1 aliphatic heterocycles. The van der Waals surface area contributed by atoms with Gasteiger partial charge in [-0.2, -0.15) is 0 Å². The molecular formula is C14H17FN3O4S-. The minimum atomic E-state index is -3.62. The maximum absolute atomic E-state index is 14.2. The second-order valence-corrected chi connectivity index (χ2v) is 8.61. The molecule has 0 saturated heterocycles. The van der Waals surface area contributed by atoms with Crippen molar-refractivity contribution in [2.75, 3.05) is 11.0 Å². The van der Waals surface area contributed by atoms with E-state index in [1.54, 1.807) is 0 Å². The number of aliphatic imine (C=N–C) groups is 1. The molecule has 23 heavy (non-hydrogen) atoms. The first kappa shape index (κ1) is 16.2. The molecule has 1 aromatic rings. The first-order valence-corrected chi connectivity index (χ1v) is 8.81. The highest BCUT2D eigenvalue weighted by atomic mass is 32.2. The van der Waals surface area contributed by atoms with Gasteiger partial charge in [-0.1, -0.05) is 0 Å². The maximum atomic E-state index is 14.2. The highest BCUT2D eigenvalue weighted by molar-refractivity contribution is 7.93. The average molecular weight is 342 g/mol. The number of nitrogens with zero attached hydrogens (tertiary/aromatic N) is 2. The number of benzene rings is 1. The van der Waals surface area contributed by atoms with Gasteiger partial charge in [0.05, 0.1) is 11.4 Å². The Bertz CT molecular complexity index is 789. The molecule has 9 heteroatoms. The van der Waals surface area contributed by atoms with E-state index < -0.39 is 36.9 Å². The third-order valence-electron chi connectivity index (χ3n) is 4.81. The average Bonchev–Trinajstić information content (AvgIpc) is 2.34. The van der Waals surface area contributed by atoms with E-state index in [2.05, 4.69) is 4.99 Å². The van der Waals surface area contributed by atoms with Crippen LogP contribution in [0.2, 0.25) is 0 Å². The smallest absolute Gasteiger partial charge is 0.165 e. The Morgan fingerprint density at radius 2 is 2.09 bits per heavy atom. The molecule has 3 rings (SSSR count). The molecule has 1 fully saturated rings. The summed E-state index contributed by atoms with van der Waals surface area (Å²) in [5.74, 6) is -1.12. The van der Waals surface area contributed by atoms with Gasteiger partial charge in [-0.3, -0.25) is 10.2 Å². The van der Waals surface area contributed by atoms with Crippen LogP contribution in [-0.4, -0.2) is 30.0 Å². The molecule has 1 aliphatic carbocycles. The van der Waals surface area contributed by atoms with E-state index in [1.807, 2.05) is 0 Å². The summed E-state index contributed by atoms with van der Waals surface area (Å²) in [5.41, 5.74) is 4.19. The van der Waals surface area contributed by atoms with E-state index in [9.17, 15) is 18.0 Å². The Kier molecular flexibility index (Phi) is 3.44. The van der Waals surface area contributed by atoms with E-state index in [-0.39, 0.29) is 17.1 Å². The molecule has 1 spiro atoms. The fraction of sp³-hybridized carbons (Fsp3) is 0.500. The van der Waals surface area contributed by atoms with Gasteiger partial charge >= 0.3 is 0 Å². The summed E-state index contributed by atoms with van der Waals surface area (Å²) >= 11 is 0. The lowest BCUT2D eigenvalue weighted by Gasteiger charge is -2.46. The number of nitrogens with two attached hydrogens (primary N) is 1. The van der Waals surface area contributed by atoms with Crippen molar-refractivity contribution in [2.24, 2.45) is 10.7 Å². The molecule has 1 heterocycles. The van der Waals surface area contributed by atoms with Crippen molar-refractivity contribution in [3.05, 3.63) is 34.8 Å². The van der Waals surface area contributed by atoms with E-state index in [0.717, 1.165) is 24.6 Å². The fourth-order valence-electron chi connectivity index (χ4n) is 3.32. The summed E-state index contributed by atoms with van der Waals surface area (Å²) in [4.78, 5) is 4.29. The predicted octanol–water partition coefficient (Wildman–Crippen LogP) is 1.44. The number of rotatable bonds is 2. The summed E-state index contributed by atoms with van der Waals surface area (Å²) < 4.78 is 38.5. The molecule has 0 bridgehead atoms. The normalized spacial score (nSPS) is 28.1. The number of sulfone groups is 1. The number of amidine groups is 1. The van der Waals surface area contributed by atoms with Gasteiger partial charge in [0, 0.05) is 5.56 Å². The summed E-state index contributed by atoms with van der Waals surface area (Å²) in [6, 6.07) is 3.17. The van der Waals surface area contributed by atoms with Crippen LogP contribution in [0.4, 0.5) is 10.1 Å². The SMILES string of the molecule is C[C@@]1(c2cc(N([O-])O)ccc2F)CS(=O)(=O)C2(CCC2)C(N)=N1. The van der Waals surface area contributed by atoms with Crippen molar-refractivity contribution in [1.82, 2.24) is 0 Å². The Morgan fingerprint density at radius 3 is 2.57 bits per heavy atom. The molecule has 1 aromatic carbocycles. The second-order valence-electron chi connectivity index (χ2n) is 6.31. The Morgan fingerprint density at radius 1 is 1.43 bits per heavy atom. The Labute approximate surface area is 133 Å². The van der Waals surface area contributed by atoms with Crippen molar-refractivity contribution < 1.29 is 18.0 Å². The van der Waals surface area contributed by atoms with Gasteiger partial charge in [-0.25, -0.2) is 12.8 Å². The van der Waals surface area contributed by atoms with Gasteiger partial charge < -0.3 is 16.2 Å². The van der Waals surface area contributed by atoms with Crippen LogP contribution in [0, 0.1) is 11.0 Å². The van der Waals surface area contributed by atoms with Crippen LogP contribution in [0.15, 0.2) is 23.2 Å². The quantitative estimate of drug-likeness (QED) is 0.785. The van der Waals surface area contributed by atoms with Crippen molar-refractivity contribution in [2.45, 2.75) is 36.5 Å². The second kappa shape index (κ2) is 4.89. The van der Waals surface area contributed by atoms with Crippen molar-refractivity contribution in [1.29, 1.82) is 0 Å². The summed E-state index contributed by atoms with van der Waals surface area (Å²) in [6.07, 6.45) is 1.61.